The lowest BCUT2D eigenvalue weighted by molar-refractivity contribution is -0.154. The minimum absolute atomic E-state index is 0.0711. The van der Waals surface area contributed by atoms with Gasteiger partial charge in [-0.1, -0.05) is 26.7 Å². The Hall–Kier alpha value is -1.06. The van der Waals surface area contributed by atoms with E-state index in [0.717, 1.165) is 38.5 Å². The van der Waals surface area contributed by atoms with Crippen molar-refractivity contribution in [3.63, 3.8) is 0 Å². The third-order valence-electron chi connectivity index (χ3n) is 4.91. The SMILES string of the molecule is CCC1(C(=O)N2CCC(C)C2C(=O)O)CCCC1. The molecule has 1 saturated carbocycles. The Balaban J connectivity index is 2.20. The normalized spacial score (nSPS) is 30.7. The average Bonchev–Trinajstić information content (AvgIpc) is 2.94. The quantitative estimate of drug-likeness (QED) is 0.839. The Kier molecular flexibility index (Phi) is 3.64. The fourth-order valence-corrected chi connectivity index (χ4v) is 3.63. The maximum Gasteiger partial charge on any atom is 0.326 e. The first-order valence-corrected chi connectivity index (χ1v) is 7.06. The molecule has 18 heavy (non-hydrogen) atoms. The number of likely N-dealkylation sites (tertiary alicyclic amines) is 1. The fraction of sp³-hybridized carbons (Fsp3) is 0.857. The van der Waals surface area contributed by atoms with Crippen molar-refractivity contribution in [1.29, 1.82) is 0 Å². The first-order chi connectivity index (χ1) is 8.52. The Bertz CT molecular complexity index is 347. The van der Waals surface area contributed by atoms with Crippen molar-refractivity contribution in [1.82, 2.24) is 4.90 Å². The molecule has 1 heterocycles. The van der Waals surface area contributed by atoms with Crippen LogP contribution in [0.5, 0.6) is 0 Å². The van der Waals surface area contributed by atoms with Gasteiger partial charge >= 0.3 is 5.97 Å². The van der Waals surface area contributed by atoms with E-state index < -0.39 is 12.0 Å². The van der Waals surface area contributed by atoms with Gasteiger partial charge in [-0.3, -0.25) is 4.79 Å². The molecule has 2 fully saturated rings. The van der Waals surface area contributed by atoms with E-state index in [1.807, 2.05) is 6.92 Å². The van der Waals surface area contributed by atoms with Gasteiger partial charge in [0.2, 0.25) is 5.91 Å². The molecule has 2 unspecified atom stereocenters. The number of nitrogens with zero attached hydrogens (tertiary/aromatic N) is 1. The van der Waals surface area contributed by atoms with Crippen molar-refractivity contribution in [2.24, 2.45) is 11.3 Å². The van der Waals surface area contributed by atoms with E-state index >= 15 is 0 Å². The summed E-state index contributed by atoms with van der Waals surface area (Å²) in [7, 11) is 0. The van der Waals surface area contributed by atoms with E-state index in [-0.39, 0.29) is 17.2 Å². The summed E-state index contributed by atoms with van der Waals surface area (Å²) in [6.45, 7) is 4.59. The highest BCUT2D eigenvalue weighted by Gasteiger charge is 2.48. The van der Waals surface area contributed by atoms with Crippen molar-refractivity contribution >= 4 is 11.9 Å². The van der Waals surface area contributed by atoms with E-state index in [4.69, 9.17) is 0 Å². The van der Waals surface area contributed by atoms with Crippen LogP contribution in [0.15, 0.2) is 0 Å². The van der Waals surface area contributed by atoms with Crippen molar-refractivity contribution in [2.75, 3.05) is 6.54 Å². The topological polar surface area (TPSA) is 57.6 Å². The largest absolute Gasteiger partial charge is 0.480 e. The molecule has 2 atom stereocenters. The smallest absolute Gasteiger partial charge is 0.326 e. The molecule has 0 spiro atoms. The first-order valence-electron chi connectivity index (χ1n) is 7.06. The van der Waals surface area contributed by atoms with E-state index in [1.54, 1.807) is 4.90 Å². The molecule has 2 aliphatic rings. The van der Waals surface area contributed by atoms with E-state index in [1.165, 1.54) is 0 Å². The summed E-state index contributed by atoms with van der Waals surface area (Å²) >= 11 is 0. The molecule has 4 nitrogen and oxygen atoms in total. The molecule has 4 heteroatoms. The number of amides is 1. The van der Waals surface area contributed by atoms with Crippen LogP contribution in [0.2, 0.25) is 0 Å². The number of carbonyl (C=O) groups excluding carboxylic acids is 1. The van der Waals surface area contributed by atoms with Gasteiger partial charge in [0.05, 0.1) is 0 Å². The first kappa shape index (κ1) is 13.4. The summed E-state index contributed by atoms with van der Waals surface area (Å²) in [5.41, 5.74) is -0.266. The predicted octanol–water partition coefficient (Wildman–Crippen LogP) is 2.28. The lowest BCUT2D eigenvalue weighted by atomic mass is 9.81. The van der Waals surface area contributed by atoms with Crippen molar-refractivity contribution in [3.05, 3.63) is 0 Å². The molecule has 1 amide bonds. The number of hydrogen-bond acceptors (Lipinski definition) is 2. The van der Waals surface area contributed by atoms with Gasteiger partial charge in [-0.15, -0.1) is 0 Å². The van der Waals surface area contributed by atoms with Crippen LogP contribution in [0.25, 0.3) is 0 Å². The molecule has 1 aliphatic carbocycles. The monoisotopic (exact) mass is 253 g/mol. The zero-order valence-corrected chi connectivity index (χ0v) is 11.3. The number of aliphatic carboxylic acids is 1. The van der Waals surface area contributed by atoms with Gasteiger partial charge in [-0.2, -0.15) is 0 Å². The second kappa shape index (κ2) is 4.90. The van der Waals surface area contributed by atoms with Gasteiger partial charge in [0, 0.05) is 12.0 Å². The molecule has 0 radical (unpaired) electrons. The molecule has 0 bridgehead atoms. The molecule has 1 saturated heterocycles. The molecule has 1 N–H and O–H groups in total. The second-order valence-electron chi connectivity index (χ2n) is 5.89. The van der Waals surface area contributed by atoms with Crippen LogP contribution in [0.3, 0.4) is 0 Å². The van der Waals surface area contributed by atoms with Crippen LogP contribution in [0.1, 0.15) is 52.4 Å². The average molecular weight is 253 g/mol. The van der Waals surface area contributed by atoms with Crippen LogP contribution in [0, 0.1) is 11.3 Å². The third kappa shape index (κ3) is 2.02. The van der Waals surface area contributed by atoms with Crippen molar-refractivity contribution in [2.45, 2.75) is 58.4 Å². The third-order valence-corrected chi connectivity index (χ3v) is 4.91. The summed E-state index contributed by atoms with van der Waals surface area (Å²) in [6, 6.07) is -0.610. The number of rotatable bonds is 3. The highest BCUT2D eigenvalue weighted by Crippen LogP contribution is 2.44. The maximum absolute atomic E-state index is 12.7. The van der Waals surface area contributed by atoms with Gasteiger partial charge in [0.1, 0.15) is 6.04 Å². The fourth-order valence-electron chi connectivity index (χ4n) is 3.63. The van der Waals surface area contributed by atoms with Crippen LogP contribution in [-0.4, -0.2) is 34.5 Å². The van der Waals surface area contributed by atoms with Crippen LogP contribution in [0.4, 0.5) is 0 Å². The molecule has 1 aliphatic heterocycles. The van der Waals surface area contributed by atoms with Crippen LogP contribution < -0.4 is 0 Å². The lowest BCUT2D eigenvalue weighted by Crippen LogP contribution is -2.49. The molecule has 0 aromatic carbocycles. The number of hydrogen-bond donors (Lipinski definition) is 1. The number of carboxylic acids is 1. The standard InChI is InChI=1S/C14H23NO3/c1-3-14(7-4-5-8-14)13(18)15-9-6-10(2)11(15)12(16)17/h10-11H,3-9H2,1-2H3,(H,16,17). The molecule has 0 aromatic rings. The highest BCUT2D eigenvalue weighted by atomic mass is 16.4. The molecule has 102 valence electrons. The van der Waals surface area contributed by atoms with Crippen LogP contribution >= 0.6 is 0 Å². The zero-order chi connectivity index (χ0) is 13.3. The minimum Gasteiger partial charge on any atom is -0.480 e. The van der Waals surface area contributed by atoms with Crippen molar-refractivity contribution < 1.29 is 14.7 Å². The summed E-state index contributed by atoms with van der Waals surface area (Å²) < 4.78 is 0. The number of carboxylic acid groups (broad SMARTS) is 1. The summed E-state index contributed by atoms with van der Waals surface area (Å²) in [6.07, 6.45) is 5.70. The number of carbonyl (C=O) groups is 2. The maximum atomic E-state index is 12.7. The predicted molar refractivity (Wildman–Crippen MR) is 68.1 cm³/mol. The van der Waals surface area contributed by atoms with Crippen LogP contribution in [-0.2, 0) is 9.59 Å². The van der Waals surface area contributed by atoms with E-state index in [9.17, 15) is 14.7 Å². The van der Waals surface area contributed by atoms with Gasteiger partial charge < -0.3 is 10.0 Å². The van der Waals surface area contributed by atoms with Gasteiger partial charge in [-0.05, 0) is 31.6 Å². The van der Waals surface area contributed by atoms with Crippen molar-refractivity contribution in [3.8, 4) is 0 Å². The summed E-state index contributed by atoms with van der Waals surface area (Å²) in [4.78, 5) is 25.7. The lowest BCUT2D eigenvalue weighted by Gasteiger charge is -2.34. The molecular weight excluding hydrogens is 230 g/mol. The highest BCUT2D eigenvalue weighted by molar-refractivity contribution is 5.88. The van der Waals surface area contributed by atoms with Gasteiger partial charge in [0.25, 0.3) is 0 Å². The molecule has 2 rings (SSSR count). The Morgan fingerprint density at radius 1 is 1.33 bits per heavy atom. The second-order valence-corrected chi connectivity index (χ2v) is 5.89. The minimum atomic E-state index is -0.849. The summed E-state index contributed by atoms with van der Waals surface area (Å²) in [5.74, 6) is -0.682. The molecule has 0 aromatic heterocycles. The Morgan fingerprint density at radius 3 is 2.44 bits per heavy atom. The Labute approximate surface area is 108 Å². The molecular formula is C14H23NO3. The zero-order valence-electron chi connectivity index (χ0n) is 11.3. The van der Waals surface area contributed by atoms with Gasteiger partial charge in [-0.25, -0.2) is 4.79 Å². The summed E-state index contributed by atoms with van der Waals surface area (Å²) in [5, 5.41) is 9.31. The van der Waals surface area contributed by atoms with Gasteiger partial charge in [0.15, 0.2) is 0 Å². The van der Waals surface area contributed by atoms with E-state index in [0.29, 0.717) is 6.54 Å². The van der Waals surface area contributed by atoms with E-state index in [2.05, 4.69) is 6.92 Å². The Morgan fingerprint density at radius 2 is 1.94 bits per heavy atom.